The lowest BCUT2D eigenvalue weighted by Crippen LogP contribution is -2.22. The van der Waals surface area contributed by atoms with E-state index in [0.717, 1.165) is 11.4 Å². The summed E-state index contributed by atoms with van der Waals surface area (Å²) in [5, 5.41) is 3.38. The minimum Gasteiger partial charge on any atom is -0.495 e. The Bertz CT molecular complexity index is 323. The molecule has 15 heavy (non-hydrogen) atoms. The van der Waals surface area contributed by atoms with Crippen LogP contribution in [0.4, 0.5) is 11.4 Å². The molecule has 0 aliphatic carbocycles. The molecule has 0 radical (unpaired) electrons. The molecule has 1 aromatic rings. The second-order valence-electron chi connectivity index (χ2n) is 4.10. The van der Waals surface area contributed by atoms with Crippen LogP contribution in [0.25, 0.3) is 0 Å². The van der Waals surface area contributed by atoms with Crippen LogP contribution in [-0.2, 0) is 0 Å². The van der Waals surface area contributed by atoms with Crippen LogP contribution < -0.4 is 15.8 Å². The Morgan fingerprint density at radius 1 is 1.27 bits per heavy atom. The molecule has 3 heteroatoms. The zero-order chi connectivity index (χ0) is 11.4. The molecule has 1 aromatic carbocycles. The number of nitrogen functional groups attached to an aromatic ring is 1. The summed E-state index contributed by atoms with van der Waals surface area (Å²) >= 11 is 0. The summed E-state index contributed by atoms with van der Waals surface area (Å²) in [6.45, 7) is 6.49. The Morgan fingerprint density at radius 2 is 1.93 bits per heavy atom. The number of methoxy groups -OCH3 is 1. The fourth-order valence-corrected chi connectivity index (χ4v) is 1.26. The smallest absolute Gasteiger partial charge is 0.143 e. The number of rotatable bonds is 4. The maximum Gasteiger partial charge on any atom is 0.143 e. The first kappa shape index (κ1) is 11.7. The Kier molecular flexibility index (Phi) is 3.83. The lowest BCUT2D eigenvalue weighted by Gasteiger charge is -2.20. The molecule has 0 aliphatic rings. The van der Waals surface area contributed by atoms with Crippen molar-refractivity contribution in [2.75, 3.05) is 18.2 Å². The number of hydrogen-bond acceptors (Lipinski definition) is 3. The van der Waals surface area contributed by atoms with Crippen molar-refractivity contribution >= 4 is 11.4 Å². The largest absolute Gasteiger partial charge is 0.495 e. The van der Waals surface area contributed by atoms with Gasteiger partial charge in [0, 0.05) is 6.04 Å². The molecule has 0 amide bonds. The van der Waals surface area contributed by atoms with Crippen LogP contribution in [0.15, 0.2) is 18.2 Å². The van der Waals surface area contributed by atoms with E-state index in [-0.39, 0.29) is 0 Å². The third kappa shape index (κ3) is 2.78. The van der Waals surface area contributed by atoms with Crippen LogP contribution in [0, 0.1) is 5.92 Å². The molecule has 1 atom stereocenters. The second-order valence-corrected chi connectivity index (χ2v) is 4.10. The van der Waals surface area contributed by atoms with Gasteiger partial charge in [-0.15, -0.1) is 0 Å². The molecule has 0 spiro atoms. The molecule has 0 saturated heterocycles. The van der Waals surface area contributed by atoms with E-state index >= 15 is 0 Å². The van der Waals surface area contributed by atoms with Gasteiger partial charge in [-0.3, -0.25) is 0 Å². The van der Waals surface area contributed by atoms with E-state index in [2.05, 4.69) is 26.1 Å². The number of para-hydroxylation sites is 1. The summed E-state index contributed by atoms with van der Waals surface area (Å²) in [5.41, 5.74) is 7.57. The fourth-order valence-electron chi connectivity index (χ4n) is 1.26. The molecule has 84 valence electrons. The van der Waals surface area contributed by atoms with Gasteiger partial charge in [-0.1, -0.05) is 19.9 Å². The first-order valence-electron chi connectivity index (χ1n) is 5.25. The highest BCUT2D eigenvalue weighted by Crippen LogP contribution is 2.29. The third-order valence-electron chi connectivity index (χ3n) is 2.67. The molecule has 0 bridgehead atoms. The van der Waals surface area contributed by atoms with Gasteiger partial charge in [0.15, 0.2) is 0 Å². The standard InChI is InChI=1S/C12H20N2O/c1-8(2)9(3)14-10-6-5-7-11(15-4)12(10)13/h5-9,14H,13H2,1-4H3. The fraction of sp³-hybridized carbons (Fsp3) is 0.500. The predicted molar refractivity (Wildman–Crippen MR) is 65.3 cm³/mol. The highest BCUT2D eigenvalue weighted by atomic mass is 16.5. The maximum atomic E-state index is 5.95. The van der Waals surface area contributed by atoms with Crippen molar-refractivity contribution in [2.45, 2.75) is 26.8 Å². The first-order chi connectivity index (χ1) is 7.06. The van der Waals surface area contributed by atoms with Crippen LogP contribution in [0.5, 0.6) is 5.75 Å². The summed E-state index contributed by atoms with van der Waals surface area (Å²) < 4.78 is 5.16. The van der Waals surface area contributed by atoms with E-state index in [1.807, 2.05) is 18.2 Å². The number of hydrogen-bond donors (Lipinski definition) is 2. The van der Waals surface area contributed by atoms with Crippen LogP contribution in [-0.4, -0.2) is 13.2 Å². The topological polar surface area (TPSA) is 47.3 Å². The highest BCUT2D eigenvalue weighted by molar-refractivity contribution is 5.73. The number of nitrogens with one attached hydrogen (secondary N) is 1. The van der Waals surface area contributed by atoms with E-state index in [4.69, 9.17) is 10.5 Å². The minimum atomic E-state index is 0.388. The van der Waals surface area contributed by atoms with Crippen LogP contribution >= 0.6 is 0 Å². The highest BCUT2D eigenvalue weighted by Gasteiger charge is 2.10. The summed E-state index contributed by atoms with van der Waals surface area (Å²) in [5.74, 6) is 1.28. The number of ether oxygens (including phenoxy) is 1. The zero-order valence-electron chi connectivity index (χ0n) is 9.87. The molecule has 0 aromatic heterocycles. The van der Waals surface area contributed by atoms with Crippen molar-refractivity contribution in [1.29, 1.82) is 0 Å². The van der Waals surface area contributed by atoms with E-state index in [0.29, 0.717) is 17.6 Å². The van der Waals surface area contributed by atoms with E-state index in [1.165, 1.54) is 0 Å². The van der Waals surface area contributed by atoms with Crippen LogP contribution in [0.3, 0.4) is 0 Å². The summed E-state index contributed by atoms with van der Waals surface area (Å²) in [6.07, 6.45) is 0. The minimum absolute atomic E-state index is 0.388. The Morgan fingerprint density at radius 3 is 2.47 bits per heavy atom. The SMILES string of the molecule is COc1cccc(NC(C)C(C)C)c1N. The first-order valence-corrected chi connectivity index (χ1v) is 5.25. The quantitative estimate of drug-likeness (QED) is 0.748. The summed E-state index contributed by atoms with van der Waals surface area (Å²) in [6, 6.07) is 6.15. The van der Waals surface area contributed by atoms with Gasteiger partial charge in [-0.2, -0.15) is 0 Å². The zero-order valence-corrected chi connectivity index (χ0v) is 9.87. The van der Waals surface area contributed by atoms with Crippen molar-refractivity contribution in [3.05, 3.63) is 18.2 Å². The summed E-state index contributed by atoms with van der Waals surface area (Å²) in [7, 11) is 1.63. The van der Waals surface area contributed by atoms with Crippen molar-refractivity contribution in [3.8, 4) is 5.75 Å². The Hall–Kier alpha value is -1.38. The van der Waals surface area contributed by atoms with Gasteiger partial charge in [-0.05, 0) is 25.0 Å². The number of anilines is 2. The number of benzene rings is 1. The molecular weight excluding hydrogens is 188 g/mol. The molecule has 0 fully saturated rings. The Labute approximate surface area is 91.6 Å². The molecule has 3 N–H and O–H groups in total. The van der Waals surface area contributed by atoms with Crippen molar-refractivity contribution in [1.82, 2.24) is 0 Å². The van der Waals surface area contributed by atoms with Crippen molar-refractivity contribution < 1.29 is 4.74 Å². The van der Waals surface area contributed by atoms with Gasteiger partial charge in [0.25, 0.3) is 0 Å². The van der Waals surface area contributed by atoms with Crippen molar-refractivity contribution in [3.63, 3.8) is 0 Å². The molecular formula is C12H20N2O. The second kappa shape index (κ2) is 4.91. The molecule has 3 nitrogen and oxygen atoms in total. The lowest BCUT2D eigenvalue weighted by molar-refractivity contribution is 0.417. The van der Waals surface area contributed by atoms with Crippen LogP contribution in [0.2, 0.25) is 0 Å². The third-order valence-corrected chi connectivity index (χ3v) is 2.67. The van der Waals surface area contributed by atoms with Gasteiger partial charge in [-0.25, -0.2) is 0 Å². The van der Waals surface area contributed by atoms with E-state index < -0.39 is 0 Å². The molecule has 1 unspecified atom stereocenters. The van der Waals surface area contributed by atoms with Crippen molar-refractivity contribution in [2.24, 2.45) is 5.92 Å². The molecule has 0 heterocycles. The number of nitrogens with two attached hydrogens (primary N) is 1. The molecule has 0 saturated carbocycles. The summed E-state index contributed by atoms with van der Waals surface area (Å²) in [4.78, 5) is 0. The van der Waals surface area contributed by atoms with E-state index in [9.17, 15) is 0 Å². The van der Waals surface area contributed by atoms with Gasteiger partial charge in [0.1, 0.15) is 5.75 Å². The molecule has 1 rings (SSSR count). The monoisotopic (exact) mass is 208 g/mol. The van der Waals surface area contributed by atoms with Gasteiger partial charge >= 0.3 is 0 Å². The maximum absolute atomic E-state index is 5.95. The van der Waals surface area contributed by atoms with E-state index in [1.54, 1.807) is 7.11 Å². The Balaban J connectivity index is 2.86. The van der Waals surface area contributed by atoms with Gasteiger partial charge < -0.3 is 15.8 Å². The molecule has 0 aliphatic heterocycles. The van der Waals surface area contributed by atoms with Gasteiger partial charge in [0.2, 0.25) is 0 Å². The van der Waals surface area contributed by atoms with Gasteiger partial charge in [0.05, 0.1) is 18.5 Å². The van der Waals surface area contributed by atoms with Crippen LogP contribution in [0.1, 0.15) is 20.8 Å². The normalized spacial score (nSPS) is 12.6. The predicted octanol–water partition coefficient (Wildman–Crippen LogP) is 2.73. The lowest BCUT2D eigenvalue weighted by atomic mass is 10.1. The average molecular weight is 208 g/mol. The average Bonchev–Trinajstić information content (AvgIpc) is 2.21.